The summed E-state index contributed by atoms with van der Waals surface area (Å²) in [5, 5.41) is 9.06. The summed E-state index contributed by atoms with van der Waals surface area (Å²) in [4.78, 5) is 43.3. The van der Waals surface area contributed by atoms with Crippen LogP contribution in [-0.4, -0.2) is 128 Å². The molecule has 0 radical (unpaired) electrons. The molecule has 2 N–H and O–H groups in total. The molecule has 1 saturated carbocycles. The van der Waals surface area contributed by atoms with Crippen LogP contribution in [0.3, 0.4) is 0 Å². The third-order valence-corrected chi connectivity index (χ3v) is 12.5. The highest BCUT2D eigenvalue weighted by atomic mass is 32.1. The van der Waals surface area contributed by atoms with Gasteiger partial charge in [-0.25, -0.2) is 4.99 Å². The van der Waals surface area contributed by atoms with Crippen molar-refractivity contribution in [2.45, 2.75) is 109 Å². The number of allylic oxidation sites excluding steroid dienone is 2. The zero-order chi connectivity index (χ0) is 36.0. The van der Waals surface area contributed by atoms with Gasteiger partial charge in [0.2, 0.25) is 11.8 Å². The Balaban J connectivity index is 1.10. The van der Waals surface area contributed by atoms with Gasteiger partial charge >= 0.3 is 0 Å². The van der Waals surface area contributed by atoms with Gasteiger partial charge < -0.3 is 30.1 Å². The van der Waals surface area contributed by atoms with Gasteiger partial charge in [-0.2, -0.15) is 0 Å². The van der Waals surface area contributed by atoms with Crippen LogP contribution < -0.4 is 10.6 Å². The van der Waals surface area contributed by atoms with Gasteiger partial charge in [-0.15, -0.1) is 11.3 Å². The topological polar surface area (TPSA) is 92.8 Å². The summed E-state index contributed by atoms with van der Waals surface area (Å²) in [6.07, 6.45) is 17.0. The second-order valence-corrected chi connectivity index (χ2v) is 17.9. The maximum Gasteiger partial charge on any atom is 0.288 e. The lowest BCUT2D eigenvalue weighted by Gasteiger charge is -2.43. The number of carbonyl (C=O) groups is 2. The van der Waals surface area contributed by atoms with Crippen molar-refractivity contribution >= 4 is 29.2 Å². The molecule has 6 rings (SSSR count). The number of nitrogens with one attached hydrogen (secondary N) is 2. The molecule has 1 aromatic rings. The lowest BCUT2D eigenvalue weighted by Crippen LogP contribution is -2.64. The van der Waals surface area contributed by atoms with Crippen LogP contribution in [0.4, 0.5) is 0 Å². The first-order chi connectivity index (χ1) is 24.5. The third-order valence-electron chi connectivity index (χ3n) is 11.6. The summed E-state index contributed by atoms with van der Waals surface area (Å²) in [6.45, 7) is 13.2. The number of hydrogen-bond donors (Lipinski definition) is 2. The molecule has 51 heavy (non-hydrogen) atoms. The average Bonchev–Trinajstić information content (AvgIpc) is 3.87. The lowest BCUT2D eigenvalue weighted by molar-refractivity contribution is -0.145. The van der Waals surface area contributed by atoms with Crippen LogP contribution in [0.2, 0.25) is 0 Å². The van der Waals surface area contributed by atoms with E-state index in [1.165, 1.54) is 37.9 Å². The van der Waals surface area contributed by atoms with E-state index in [9.17, 15) is 9.59 Å². The van der Waals surface area contributed by atoms with E-state index >= 15 is 0 Å². The molecule has 4 heterocycles. The van der Waals surface area contributed by atoms with Gasteiger partial charge in [0.05, 0.1) is 24.7 Å². The van der Waals surface area contributed by atoms with Crippen LogP contribution in [0.1, 0.15) is 83.4 Å². The Bertz CT molecular complexity index is 1410. The summed E-state index contributed by atoms with van der Waals surface area (Å²) in [5.41, 5.74) is 1.58. The first kappa shape index (κ1) is 38.0. The first-order valence-corrected chi connectivity index (χ1v) is 20.4. The molecule has 3 fully saturated rings. The highest BCUT2D eigenvalue weighted by molar-refractivity contribution is 7.09. The third kappa shape index (κ3) is 10.2. The molecule has 2 amide bonds. The number of unbranched alkanes of at least 4 members (excludes halogenated alkanes) is 1. The van der Waals surface area contributed by atoms with Gasteiger partial charge in [-0.05, 0) is 121 Å². The smallest absolute Gasteiger partial charge is 0.288 e. The molecule has 1 aromatic heterocycles. The fraction of sp³-hybridized carbons (Fsp3) is 0.725. The monoisotopic (exact) mass is 721 g/mol. The van der Waals surface area contributed by atoms with Crippen molar-refractivity contribution < 1.29 is 14.3 Å². The number of amidine groups is 1. The Kier molecular flexibility index (Phi) is 12.6. The number of rotatable bonds is 13. The van der Waals surface area contributed by atoms with Crippen molar-refractivity contribution in [2.24, 2.45) is 16.3 Å². The molecule has 0 bridgehead atoms. The minimum atomic E-state index is -0.622. The Morgan fingerprint density at radius 1 is 1.14 bits per heavy atom. The van der Waals surface area contributed by atoms with Gasteiger partial charge in [0.25, 0.3) is 6.02 Å². The first-order valence-electron chi connectivity index (χ1n) is 19.6. The Hall–Kier alpha value is -2.73. The van der Waals surface area contributed by atoms with Crippen LogP contribution in [-0.2, 0) is 20.9 Å². The number of piperazine rings is 1. The van der Waals surface area contributed by atoms with E-state index in [0.29, 0.717) is 56.2 Å². The van der Waals surface area contributed by atoms with E-state index in [-0.39, 0.29) is 23.4 Å². The standard InChI is InChI=1S/C40H63N7O3S/c1-30-11-13-31(14-12-30)26-45-21-19-40(28-45)17-15-32(16-18-40)42-34(10-6-7-20-44(4)5)37(49)47-23-22-46(38-43-39(2,3)29-50-38)27-35(47)36(48)41-25-33-9-8-24-51-33/h8-9,11,13-14,24,30,32,34-35,42H,6-7,10,12,15-23,25-29H2,1-5H3,(H,41,48)/t30?,32?,34-,35+,40?/m1/s1. The summed E-state index contributed by atoms with van der Waals surface area (Å²) in [5.74, 6) is 0.592. The fourth-order valence-corrected chi connectivity index (χ4v) is 9.18. The summed E-state index contributed by atoms with van der Waals surface area (Å²) >= 11 is 1.63. The van der Waals surface area contributed by atoms with Crippen molar-refractivity contribution in [3.63, 3.8) is 0 Å². The van der Waals surface area contributed by atoms with Gasteiger partial charge in [0.1, 0.15) is 12.6 Å². The molecular formula is C40H63N7O3S. The summed E-state index contributed by atoms with van der Waals surface area (Å²) < 4.78 is 5.99. The van der Waals surface area contributed by atoms with E-state index in [4.69, 9.17) is 9.73 Å². The molecule has 10 nitrogen and oxygen atoms in total. The molecule has 3 atom stereocenters. The molecule has 5 aliphatic rings. The zero-order valence-corrected chi connectivity index (χ0v) is 32.7. The number of likely N-dealkylation sites (tertiary alicyclic amines) is 1. The Labute approximate surface area is 310 Å². The fourth-order valence-electron chi connectivity index (χ4n) is 8.53. The van der Waals surface area contributed by atoms with Gasteiger partial charge in [0, 0.05) is 37.1 Å². The SMILES string of the molecule is CC1C=CC(CN2CCC3(CCC(N[C@H](CCCCN(C)C)C(=O)N4CCN(C5=NC(C)(C)CO5)C[C@H]4C(=O)NCc4cccs4)CC3)C2)=CC1. The van der Waals surface area contributed by atoms with Crippen molar-refractivity contribution in [1.82, 2.24) is 30.2 Å². The van der Waals surface area contributed by atoms with Crippen LogP contribution in [0.15, 0.2) is 46.3 Å². The summed E-state index contributed by atoms with van der Waals surface area (Å²) in [7, 11) is 4.20. The maximum absolute atomic E-state index is 14.7. The van der Waals surface area contributed by atoms with Crippen LogP contribution in [0, 0.1) is 11.3 Å². The predicted octanol–water partition coefficient (Wildman–Crippen LogP) is 4.89. The van der Waals surface area contributed by atoms with E-state index < -0.39 is 6.04 Å². The van der Waals surface area contributed by atoms with Crippen LogP contribution in [0.25, 0.3) is 0 Å². The van der Waals surface area contributed by atoms with Crippen molar-refractivity contribution in [1.29, 1.82) is 0 Å². The molecule has 11 heteroatoms. The molecule has 2 saturated heterocycles. The van der Waals surface area contributed by atoms with Gasteiger partial charge in [-0.1, -0.05) is 37.6 Å². The number of hydrogen-bond acceptors (Lipinski definition) is 9. The number of thiophene rings is 1. The molecule has 2 aliphatic carbocycles. The zero-order valence-electron chi connectivity index (χ0n) is 31.9. The highest BCUT2D eigenvalue weighted by Crippen LogP contribution is 2.44. The molecule has 1 spiro atoms. The van der Waals surface area contributed by atoms with Crippen LogP contribution >= 0.6 is 11.3 Å². The van der Waals surface area contributed by atoms with E-state index in [0.717, 1.165) is 56.5 Å². The average molecular weight is 722 g/mol. The normalized spacial score (nSPS) is 28.5. The second kappa shape index (κ2) is 16.9. The quantitative estimate of drug-likeness (QED) is 0.281. The van der Waals surface area contributed by atoms with E-state index in [2.05, 4.69) is 78.4 Å². The van der Waals surface area contributed by atoms with Crippen molar-refractivity contribution in [3.05, 3.63) is 46.2 Å². The van der Waals surface area contributed by atoms with Crippen molar-refractivity contribution in [2.75, 3.05) is 66.5 Å². The predicted molar refractivity (Wildman–Crippen MR) is 207 cm³/mol. The number of amides is 2. The van der Waals surface area contributed by atoms with Crippen LogP contribution in [0.5, 0.6) is 0 Å². The number of nitrogens with zero attached hydrogens (tertiary/aromatic N) is 5. The molecule has 0 aromatic carbocycles. The summed E-state index contributed by atoms with van der Waals surface area (Å²) in [6, 6.07) is 4.00. The number of carbonyl (C=O) groups excluding carboxylic acids is 2. The Morgan fingerprint density at radius 2 is 1.96 bits per heavy atom. The number of aliphatic imine (C=N–C) groups is 1. The largest absolute Gasteiger partial charge is 0.463 e. The minimum absolute atomic E-state index is 0.0563. The van der Waals surface area contributed by atoms with Gasteiger partial charge in [0.15, 0.2) is 0 Å². The highest BCUT2D eigenvalue weighted by Gasteiger charge is 2.44. The van der Waals surface area contributed by atoms with E-state index in [1.54, 1.807) is 11.3 Å². The molecule has 3 aliphatic heterocycles. The lowest BCUT2D eigenvalue weighted by atomic mass is 9.72. The second-order valence-electron chi connectivity index (χ2n) is 16.9. The van der Waals surface area contributed by atoms with Gasteiger partial charge in [-0.3, -0.25) is 14.5 Å². The molecular weight excluding hydrogens is 659 g/mol. The minimum Gasteiger partial charge on any atom is -0.463 e. The Morgan fingerprint density at radius 3 is 2.65 bits per heavy atom. The molecule has 282 valence electrons. The van der Waals surface area contributed by atoms with Crippen molar-refractivity contribution in [3.8, 4) is 0 Å². The maximum atomic E-state index is 14.7. The molecule has 1 unspecified atom stereocenters. The number of ether oxygens (including phenoxy) is 1. The van der Waals surface area contributed by atoms with E-state index in [1.807, 2.05) is 22.4 Å².